The Kier molecular flexibility index (Phi) is 5.28. The third-order valence-corrected chi connectivity index (χ3v) is 1.94. The zero-order valence-electron chi connectivity index (χ0n) is 9.83. The highest BCUT2D eigenvalue weighted by atomic mass is 16.3. The smallest absolute Gasteiger partial charge is 0.241 e. The second kappa shape index (κ2) is 5.70. The number of rotatable bonds is 4. The maximum absolute atomic E-state index is 11.4. The number of nitrogens with one attached hydrogen (secondary N) is 1. The zero-order chi connectivity index (χ0) is 12.1. The Bertz CT molecular complexity index is 233. The summed E-state index contributed by atoms with van der Waals surface area (Å²) in [6.07, 6.45) is 0. The maximum Gasteiger partial charge on any atom is 0.241 e. The molecule has 0 radical (unpaired) electrons. The van der Waals surface area contributed by atoms with Gasteiger partial charge in [0.15, 0.2) is 0 Å². The molecule has 0 unspecified atom stereocenters. The number of hydrogen-bond acceptors (Lipinski definition) is 3. The summed E-state index contributed by atoms with van der Waals surface area (Å²) in [5.41, 5.74) is -0.490. The van der Waals surface area contributed by atoms with Gasteiger partial charge in [-0.25, -0.2) is 0 Å². The van der Waals surface area contributed by atoms with E-state index in [0.29, 0.717) is 0 Å². The SMILES string of the molecule is CN(CCO)C(=O)CNC(=O)C(C)(C)C. The van der Waals surface area contributed by atoms with Crippen LogP contribution in [-0.2, 0) is 9.59 Å². The van der Waals surface area contributed by atoms with Crippen LogP contribution in [0, 0.1) is 5.41 Å². The summed E-state index contributed by atoms with van der Waals surface area (Å²) in [6, 6.07) is 0. The van der Waals surface area contributed by atoms with Crippen molar-refractivity contribution in [3.05, 3.63) is 0 Å². The minimum absolute atomic E-state index is 0.0212. The molecule has 2 N–H and O–H groups in total. The molecule has 0 aliphatic heterocycles. The quantitative estimate of drug-likeness (QED) is 0.672. The van der Waals surface area contributed by atoms with Crippen LogP contribution in [0.2, 0.25) is 0 Å². The Morgan fingerprint density at radius 1 is 1.33 bits per heavy atom. The molecule has 0 fully saturated rings. The molecule has 0 aromatic carbocycles. The van der Waals surface area contributed by atoms with E-state index < -0.39 is 5.41 Å². The van der Waals surface area contributed by atoms with Crippen molar-refractivity contribution < 1.29 is 14.7 Å². The van der Waals surface area contributed by atoms with E-state index >= 15 is 0 Å². The third-order valence-electron chi connectivity index (χ3n) is 1.94. The van der Waals surface area contributed by atoms with Gasteiger partial charge in [-0.15, -0.1) is 0 Å². The van der Waals surface area contributed by atoms with E-state index in [2.05, 4.69) is 5.32 Å². The lowest BCUT2D eigenvalue weighted by Gasteiger charge is -2.20. The van der Waals surface area contributed by atoms with E-state index in [0.717, 1.165) is 0 Å². The molecule has 0 saturated heterocycles. The topological polar surface area (TPSA) is 69.6 Å². The van der Waals surface area contributed by atoms with Crippen LogP contribution >= 0.6 is 0 Å². The number of aliphatic hydroxyl groups is 1. The van der Waals surface area contributed by atoms with Crippen LogP contribution in [-0.4, -0.2) is 48.6 Å². The van der Waals surface area contributed by atoms with Gasteiger partial charge in [-0.05, 0) is 0 Å². The van der Waals surface area contributed by atoms with E-state index in [9.17, 15) is 9.59 Å². The van der Waals surface area contributed by atoms with Crippen LogP contribution in [0.1, 0.15) is 20.8 Å². The van der Waals surface area contributed by atoms with Gasteiger partial charge in [0.25, 0.3) is 0 Å². The number of nitrogens with zero attached hydrogens (tertiary/aromatic N) is 1. The molecule has 88 valence electrons. The summed E-state index contributed by atoms with van der Waals surface area (Å²) in [5.74, 6) is -0.366. The lowest BCUT2D eigenvalue weighted by Crippen LogP contribution is -2.42. The van der Waals surface area contributed by atoms with Gasteiger partial charge >= 0.3 is 0 Å². The van der Waals surface area contributed by atoms with Gasteiger partial charge in [-0.3, -0.25) is 9.59 Å². The van der Waals surface area contributed by atoms with Crippen molar-refractivity contribution in [2.45, 2.75) is 20.8 Å². The second-order valence-corrected chi connectivity index (χ2v) is 4.47. The molecule has 15 heavy (non-hydrogen) atoms. The number of hydrogen-bond donors (Lipinski definition) is 2. The van der Waals surface area contributed by atoms with Crippen LogP contribution in [0.3, 0.4) is 0 Å². The molecule has 0 aliphatic carbocycles. The van der Waals surface area contributed by atoms with Crippen molar-refractivity contribution in [3.8, 4) is 0 Å². The number of carbonyl (C=O) groups excluding carboxylic acids is 2. The fourth-order valence-corrected chi connectivity index (χ4v) is 0.831. The van der Waals surface area contributed by atoms with Crippen LogP contribution in [0.4, 0.5) is 0 Å². The van der Waals surface area contributed by atoms with Crippen molar-refractivity contribution in [1.29, 1.82) is 0 Å². The third kappa shape index (κ3) is 5.37. The van der Waals surface area contributed by atoms with Gasteiger partial charge in [0.05, 0.1) is 13.2 Å². The van der Waals surface area contributed by atoms with Gasteiger partial charge in [-0.2, -0.15) is 0 Å². The van der Waals surface area contributed by atoms with E-state index in [1.54, 1.807) is 27.8 Å². The summed E-state index contributed by atoms with van der Waals surface area (Å²) in [7, 11) is 1.59. The molecule has 0 aromatic heterocycles. The van der Waals surface area contributed by atoms with E-state index in [1.807, 2.05) is 0 Å². The first kappa shape index (κ1) is 13.9. The molecule has 0 spiro atoms. The molecule has 0 saturated carbocycles. The molecular weight excluding hydrogens is 196 g/mol. The number of carbonyl (C=O) groups is 2. The van der Waals surface area contributed by atoms with Crippen molar-refractivity contribution in [2.24, 2.45) is 5.41 Å². The first-order valence-corrected chi connectivity index (χ1v) is 4.92. The largest absolute Gasteiger partial charge is 0.395 e. The average molecular weight is 216 g/mol. The lowest BCUT2D eigenvalue weighted by molar-refractivity contribution is -0.134. The Hall–Kier alpha value is -1.10. The van der Waals surface area contributed by atoms with Crippen LogP contribution in [0.15, 0.2) is 0 Å². The lowest BCUT2D eigenvalue weighted by atomic mass is 9.96. The fourth-order valence-electron chi connectivity index (χ4n) is 0.831. The molecule has 0 bridgehead atoms. The van der Waals surface area contributed by atoms with E-state index in [4.69, 9.17) is 5.11 Å². The molecule has 2 amide bonds. The highest BCUT2D eigenvalue weighted by Gasteiger charge is 2.21. The normalized spacial score (nSPS) is 11.0. The summed E-state index contributed by atoms with van der Waals surface area (Å²) in [4.78, 5) is 24.2. The Morgan fingerprint density at radius 3 is 2.27 bits per heavy atom. The van der Waals surface area contributed by atoms with Crippen LogP contribution in [0.5, 0.6) is 0 Å². The number of likely N-dealkylation sites (N-methyl/N-ethyl adjacent to an activating group) is 1. The van der Waals surface area contributed by atoms with Gasteiger partial charge < -0.3 is 15.3 Å². The highest BCUT2D eigenvalue weighted by Crippen LogP contribution is 2.11. The fraction of sp³-hybridized carbons (Fsp3) is 0.800. The van der Waals surface area contributed by atoms with Gasteiger partial charge in [0, 0.05) is 19.0 Å². The number of aliphatic hydroxyl groups excluding tert-OH is 1. The highest BCUT2D eigenvalue weighted by molar-refractivity contribution is 5.87. The first-order valence-electron chi connectivity index (χ1n) is 4.92. The minimum atomic E-state index is -0.490. The maximum atomic E-state index is 11.4. The molecule has 5 nitrogen and oxygen atoms in total. The Balaban J connectivity index is 3.96. The average Bonchev–Trinajstić information content (AvgIpc) is 2.12. The van der Waals surface area contributed by atoms with Gasteiger partial charge in [0.1, 0.15) is 0 Å². The monoisotopic (exact) mass is 216 g/mol. The van der Waals surface area contributed by atoms with E-state index in [-0.39, 0.29) is 31.5 Å². The predicted molar refractivity (Wildman–Crippen MR) is 57.2 cm³/mol. The van der Waals surface area contributed by atoms with Crippen molar-refractivity contribution in [2.75, 3.05) is 26.7 Å². The van der Waals surface area contributed by atoms with Crippen molar-refractivity contribution in [1.82, 2.24) is 10.2 Å². The molecule has 0 rings (SSSR count). The number of amides is 2. The van der Waals surface area contributed by atoms with E-state index in [1.165, 1.54) is 4.90 Å². The Labute approximate surface area is 90.5 Å². The predicted octanol–water partition coefficient (Wildman–Crippen LogP) is -0.401. The molecule has 0 aliphatic rings. The van der Waals surface area contributed by atoms with Gasteiger partial charge in [0.2, 0.25) is 11.8 Å². The molecule has 5 heteroatoms. The summed E-state index contributed by atoms with van der Waals surface area (Å²) < 4.78 is 0. The van der Waals surface area contributed by atoms with Crippen LogP contribution < -0.4 is 5.32 Å². The summed E-state index contributed by atoms with van der Waals surface area (Å²) in [6.45, 7) is 5.53. The minimum Gasteiger partial charge on any atom is -0.395 e. The zero-order valence-corrected chi connectivity index (χ0v) is 9.83. The van der Waals surface area contributed by atoms with Crippen molar-refractivity contribution >= 4 is 11.8 Å². The Morgan fingerprint density at radius 2 is 1.87 bits per heavy atom. The molecule has 0 atom stereocenters. The summed E-state index contributed by atoms with van der Waals surface area (Å²) >= 11 is 0. The standard InChI is InChI=1S/C10H20N2O3/c1-10(2,3)9(15)11-7-8(14)12(4)5-6-13/h13H,5-7H2,1-4H3,(H,11,15). The first-order chi connectivity index (χ1) is 6.79. The van der Waals surface area contributed by atoms with Crippen molar-refractivity contribution in [3.63, 3.8) is 0 Å². The molecule has 0 heterocycles. The van der Waals surface area contributed by atoms with Gasteiger partial charge in [-0.1, -0.05) is 20.8 Å². The second-order valence-electron chi connectivity index (χ2n) is 4.47. The van der Waals surface area contributed by atoms with Crippen LogP contribution in [0.25, 0.3) is 0 Å². The summed E-state index contributed by atoms with van der Waals surface area (Å²) in [5, 5.41) is 11.2. The molecule has 0 aromatic rings. The molecular formula is C10H20N2O3.